The monoisotopic (exact) mass is 533 g/mol. The average Bonchev–Trinajstić information content (AvgIpc) is 2.58. The van der Waals surface area contributed by atoms with Gasteiger partial charge >= 0.3 is 5.97 Å². The molecule has 0 aliphatic rings. The molecule has 2 rings (SSSR count). The van der Waals surface area contributed by atoms with Gasteiger partial charge < -0.3 is 20.3 Å². The molecule has 9 heteroatoms. The molecule has 0 fully saturated rings. The van der Waals surface area contributed by atoms with Gasteiger partial charge in [0, 0.05) is 17.3 Å². The van der Waals surface area contributed by atoms with Crippen molar-refractivity contribution in [2.75, 3.05) is 5.32 Å². The third-order valence-corrected chi connectivity index (χ3v) is 5.75. The van der Waals surface area contributed by atoms with E-state index in [9.17, 15) is 14.7 Å². The van der Waals surface area contributed by atoms with Gasteiger partial charge in [0.15, 0.2) is 5.75 Å². The number of aromatic hydroxyl groups is 1. The molecule has 0 spiro atoms. The van der Waals surface area contributed by atoms with E-state index >= 15 is 0 Å². The first-order chi connectivity index (χ1) is 13.0. The third-order valence-electron chi connectivity index (χ3n) is 3.91. The van der Waals surface area contributed by atoms with Crippen molar-refractivity contribution in [3.05, 3.63) is 43.3 Å². The molecule has 0 atom stereocenters. The van der Waals surface area contributed by atoms with Crippen molar-refractivity contribution in [1.82, 2.24) is 0 Å². The lowest BCUT2D eigenvalue weighted by Crippen LogP contribution is -2.16. The molecule has 0 bridgehead atoms. The fourth-order valence-electron chi connectivity index (χ4n) is 2.46. The number of phenols is 1. The van der Waals surface area contributed by atoms with E-state index in [4.69, 9.17) is 21.4 Å². The van der Waals surface area contributed by atoms with Gasteiger partial charge in [-0.2, -0.15) is 0 Å². The Bertz CT molecular complexity index is 947. The fraction of sp³-hybridized carbons (Fsp3) is 0.263. The van der Waals surface area contributed by atoms with E-state index in [1.54, 1.807) is 19.1 Å². The molecule has 0 radical (unpaired) electrons. The summed E-state index contributed by atoms with van der Waals surface area (Å²) in [6.07, 6.45) is -0.628. The van der Waals surface area contributed by atoms with Crippen LogP contribution in [0.1, 0.15) is 37.3 Å². The predicted octanol–water partition coefficient (Wildman–Crippen LogP) is 6.21. The van der Waals surface area contributed by atoms with Crippen LogP contribution in [0, 0.1) is 6.92 Å². The van der Waals surface area contributed by atoms with Crippen LogP contribution in [0.15, 0.2) is 27.1 Å². The van der Waals surface area contributed by atoms with Crippen LogP contribution in [0.3, 0.4) is 0 Å². The smallest absolute Gasteiger partial charge is 0.312 e. The summed E-state index contributed by atoms with van der Waals surface area (Å²) in [5.41, 5.74) is 1.76. The molecular weight excluding hydrogens is 517 g/mol. The highest BCUT2D eigenvalue weighted by atomic mass is 79.9. The van der Waals surface area contributed by atoms with Crippen LogP contribution in [0.4, 0.5) is 5.69 Å². The van der Waals surface area contributed by atoms with Crippen LogP contribution in [0.25, 0.3) is 0 Å². The summed E-state index contributed by atoms with van der Waals surface area (Å²) in [7, 11) is 0. The number of carboxylic acid groups (broad SMARTS) is 1. The van der Waals surface area contributed by atoms with Crippen molar-refractivity contribution in [1.29, 1.82) is 0 Å². The highest BCUT2D eigenvalue weighted by Gasteiger charge is 2.19. The van der Waals surface area contributed by atoms with Crippen LogP contribution < -0.4 is 10.1 Å². The van der Waals surface area contributed by atoms with Crippen molar-refractivity contribution in [3.8, 4) is 17.2 Å². The number of amides is 1. The summed E-state index contributed by atoms with van der Waals surface area (Å²) in [4.78, 5) is 22.4. The van der Waals surface area contributed by atoms with Gasteiger partial charge in [-0.15, -0.1) is 0 Å². The number of ether oxygens (including phenoxy) is 1. The van der Waals surface area contributed by atoms with Gasteiger partial charge in [-0.25, -0.2) is 0 Å². The molecule has 0 saturated carbocycles. The zero-order valence-electron chi connectivity index (χ0n) is 15.3. The molecule has 2 aromatic carbocycles. The molecular formula is C19H18Br2ClNO5. The van der Waals surface area contributed by atoms with E-state index in [2.05, 4.69) is 37.2 Å². The maximum Gasteiger partial charge on any atom is 0.312 e. The highest BCUT2D eigenvalue weighted by molar-refractivity contribution is 9.11. The lowest BCUT2D eigenvalue weighted by Gasteiger charge is -2.17. The average molecular weight is 536 g/mol. The number of hydrogen-bond acceptors (Lipinski definition) is 4. The van der Waals surface area contributed by atoms with Gasteiger partial charge in [0.05, 0.1) is 14.0 Å². The first-order valence-electron chi connectivity index (χ1n) is 8.21. The third kappa shape index (κ3) is 5.18. The summed E-state index contributed by atoms with van der Waals surface area (Å²) in [6.45, 7) is 5.61. The zero-order valence-corrected chi connectivity index (χ0v) is 19.2. The van der Waals surface area contributed by atoms with Crippen LogP contribution in [-0.2, 0) is 9.59 Å². The van der Waals surface area contributed by atoms with Crippen molar-refractivity contribution < 1.29 is 24.5 Å². The Labute approximate surface area is 184 Å². The van der Waals surface area contributed by atoms with E-state index in [-0.39, 0.29) is 16.7 Å². The van der Waals surface area contributed by atoms with Crippen molar-refractivity contribution in [2.24, 2.45) is 0 Å². The number of carbonyl (C=O) groups excluding carboxylic acids is 1. The van der Waals surface area contributed by atoms with E-state index in [0.29, 0.717) is 37.3 Å². The summed E-state index contributed by atoms with van der Waals surface area (Å²) in [5.74, 6) is -0.884. The second kappa shape index (κ2) is 9.15. The van der Waals surface area contributed by atoms with Gasteiger partial charge in [-0.3, -0.25) is 9.59 Å². The summed E-state index contributed by atoms with van der Waals surface area (Å²) in [6, 6.07) is 4.85. The number of nitrogens with one attached hydrogen (secondary N) is 1. The van der Waals surface area contributed by atoms with Crippen LogP contribution in [0.5, 0.6) is 17.2 Å². The molecule has 1 amide bonds. The minimum Gasteiger partial charge on any atom is -0.506 e. The number of carbonyl (C=O) groups is 2. The standard InChI is InChI=1S/C19H18Br2ClNO5/c1-8(2)11-4-10(5-13(22)18(11)27)28-19-12(20)6-14(9(3)17(19)21)23-15(24)7-16(25)26/h4-6,8,27H,7H2,1-3H3,(H,23,24)(H,25,26). The maximum absolute atomic E-state index is 11.8. The summed E-state index contributed by atoms with van der Waals surface area (Å²) in [5, 5.41) is 21.6. The number of halogens is 3. The molecule has 2 aromatic rings. The summed E-state index contributed by atoms with van der Waals surface area (Å²) < 4.78 is 7.08. The van der Waals surface area contributed by atoms with Crippen LogP contribution >= 0.6 is 43.5 Å². The molecule has 3 N–H and O–H groups in total. The zero-order chi connectivity index (χ0) is 21.2. The fourth-order valence-corrected chi connectivity index (χ4v) is 3.96. The van der Waals surface area contributed by atoms with E-state index < -0.39 is 18.3 Å². The number of hydrogen-bond donors (Lipinski definition) is 3. The summed E-state index contributed by atoms with van der Waals surface area (Å²) >= 11 is 13.0. The Morgan fingerprint density at radius 1 is 1.25 bits per heavy atom. The molecule has 0 saturated heterocycles. The highest BCUT2D eigenvalue weighted by Crippen LogP contribution is 2.44. The minimum atomic E-state index is -1.21. The Balaban J connectivity index is 2.39. The SMILES string of the molecule is Cc1c(NC(=O)CC(=O)O)cc(Br)c(Oc2cc(Cl)c(O)c(C(C)C)c2)c1Br. The quantitative estimate of drug-likeness (QED) is 0.383. The molecule has 0 unspecified atom stereocenters. The van der Waals surface area contributed by atoms with E-state index in [1.165, 1.54) is 6.07 Å². The topological polar surface area (TPSA) is 95.9 Å². The Hall–Kier alpha value is -1.77. The largest absolute Gasteiger partial charge is 0.506 e. The normalized spacial score (nSPS) is 10.8. The molecule has 0 heterocycles. The molecule has 6 nitrogen and oxygen atoms in total. The Morgan fingerprint density at radius 2 is 1.89 bits per heavy atom. The van der Waals surface area contributed by atoms with E-state index in [0.717, 1.165) is 0 Å². The van der Waals surface area contributed by atoms with Gasteiger partial charge in [-0.05, 0) is 62.4 Å². The molecule has 0 aliphatic heterocycles. The molecule has 150 valence electrons. The van der Waals surface area contributed by atoms with Crippen molar-refractivity contribution >= 4 is 61.0 Å². The predicted molar refractivity (Wildman–Crippen MR) is 115 cm³/mol. The van der Waals surface area contributed by atoms with Gasteiger partial charge in [-0.1, -0.05) is 25.4 Å². The van der Waals surface area contributed by atoms with Crippen LogP contribution in [-0.4, -0.2) is 22.1 Å². The number of anilines is 1. The molecule has 28 heavy (non-hydrogen) atoms. The van der Waals surface area contributed by atoms with E-state index in [1.807, 2.05) is 13.8 Å². The second-order valence-corrected chi connectivity index (χ2v) is 8.45. The van der Waals surface area contributed by atoms with Crippen molar-refractivity contribution in [3.63, 3.8) is 0 Å². The molecule has 0 aliphatic carbocycles. The molecule has 0 aromatic heterocycles. The van der Waals surface area contributed by atoms with Gasteiger partial charge in [0.2, 0.25) is 5.91 Å². The lowest BCUT2D eigenvalue weighted by atomic mass is 10.0. The number of rotatable bonds is 6. The Kier molecular flexibility index (Phi) is 7.36. The Morgan fingerprint density at radius 3 is 2.46 bits per heavy atom. The van der Waals surface area contributed by atoms with Gasteiger partial charge in [0.1, 0.15) is 17.9 Å². The number of benzene rings is 2. The van der Waals surface area contributed by atoms with Gasteiger partial charge in [0.25, 0.3) is 0 Å². The number of aliphatic carboxylic acids is 1. The first kappa shape index (κ1) is 22.5. The van der Waals surface area contributed by atoms with Crippen LogP contribution in [0.2, 0.25) is 5.02 Å². The minimum absolute atomic E-state index is 0.0230. The number of phenolic OH excluding ortho intramolecular Hbond substituents is 1. The van der Waals surface area contributed by atoms with Crippen molar-refractivity contribution in [2.45, 2.75) is 33.1 Å². The number of carboxylic acids is 1. The maximum atomic E-state index is 11.8. The lowest BCUT2D eigenvalue weighted by molar-refractivity contribution is -0.139. The second-order valence-electron chi connectivity index (χ2n) is 6.39. The first-order valence-corrected chi connectivity index (χ1v) is 10.2.